The highest BCUT2D eigenvalue weighted by molar-refractivity contribution is 7.14. The number of aryl methyl sites for hydroxylation is 1. The van der Waals surface area contributed by atoms with Crippen LogP contribution in [0.2, 0.25) is 0 Å². The van der Waals surface area contributed by atoms with Gasteiger partial charge in [-0.2, -0.15) is 0 Å². The molecule has 0 aromatic carbocycles. The van der Waals surface area contributed by atoms with E-state index in [9.17, 15) is 4.79 Å². The molecule has 1 unspecified atom stereocenters. The Morgan fingerprint density at radius 2 is 2.10 bits per heavy atom. The highest BCUT2D eigenvalue weighted by Crippen LogP contribution is 2.36. The molecule has 2 heterocycles. The van der Waals surface area contributed by atoms with Crippen molar-refractivity contribution in [3.8, 4) is 0 Å². The van der Waals surface area contributed by atoms with Crippen LogP contribution in [0.4, 0.5) is 0 Å². The molecular formula is C16H23NO2S. The topological polar surface area (TPSA) is 40.5 Å². The normalized spacial score (nSPS) is 24.6. The lowest BCUT2D eigenvalue weighted by Crippen LogP contribution is -2.34. The molecule has 2 fully saturated rings. The van der Waals surface area contributed by atoms with E-state index < -0.39 is 5.97 Å². The first-order valence-electron chi connectivity index (χ1n) is 7.72. The molecule has 3 nitrogen and oxygen atoms in total. The van der Waals surface area contributed by atoms with Crippen molar-refractivity contribution in [3.05, 3.63) is 21.4 Å². The van der Waals surface area contributed by atoms with Crippen molar-refractivity contribution in [1.29, 1.82) is 0 Å². The van der Waals surface area contributed by atoms with E-state index in [2.05, 4.69) is 4.90 Å². The van der Waals surface area contributed by atoms with Crippen LogP contribution in [0.25, 0.3) is 0 Å². The van der Waals surface area contributed by atoms with E-state index >= 15 is 0 Å². The van der Waals surface area contributed by atoms with E-state index in [1.54, 1.807) is 0 Å². The molecule has 3 rings (SSSR count). The summed E-state index contributed by atoms with van der Waals surface area (Å²) in [6.07, 6.45) is 8.22. The van der Waals surface area contributed by atoms with Crippen molar-refractivity contribution >= 4 is 17.3 Å². The Kier molecular flexibility index (Phi) is 4.13. The van der Waals surface area contributed by atoms with E-state index in [0.29, 0.717) is 4.88 Å². The predicted molar refractivity (Wildman–Crippen MR) is 81.4 cm³/mol. The minimum absolute atomic E-state index is 0.481. The SMILES string of the molecule is Cc1sc(C(=O)O)cc1CN1CCCC1C1CCCC1. The Labute approximate surface area is 124 Å². The van der Waals surface area contributed by atoms with E-state index in [4.69, 9.17) is 5.11 Å². The van der Waals surface area contributed by atoms with Crippen LogP contribution in [0, 0.1) is 12.8 Å². The van der Waals surface area contributed by atoms with Gasteiger partial charge in [-0.05, 0) is 56.7 Å². The largest absolute Gasteiger partial charge is 0.477 e. The molecule has 1 aliphatic carbocycles. The molecule has 4 heteroatoms. The minimum atomic E-state index is -0.793. The summed E-state index contributed by atoms with van der Waals surface area (Å²) >= 11 is 1.41. The van der Waals surface area contributed by atoms with E-state index in [1.807, 2.05) is 13.0 Å². The number of carboxylic acid groups (broad SMARTS) is 1. The summed E-state index contributed by atoms with van der Waals surface area (Å²) in [5.74, 6) is 0.0912. The molecule has 0 amide bonds. The minimum Gasteiger partial charge on any atom is -0.477 e. The Bertz CT molecular complexity index is 491. The van der Waals surface area contributed by atoms with Crippen LogP contribution in [0.15, 0.2) is 6.07 Å². The summed E-state index contributed by atoms with van der Waals surface area (Å²) in [4.78, 5) is 15.3. The van der Waals surface area contributed by atoms with E-state index in [-0.39, 0.29) is 0 Å². The van der Waals surface area contributed by atoms with Gasteiger partial charge in [0.15, 0.2) is 0 Å². The third kappa shape index (κ3) is 2.77. The van der Waals surface area contributed by atoms with Crippen molar-refractivity contribution in [1.82, 2.24) is 4.90 Å². The molecule has 1 saturated heterocycles. The Morgan fingerprint density at radius 1 is 1.35 bits per heavy atom. The molecule has 1 atom stereocenters. The fourth-order valence-corrected chi connectivity index (χ4v) is 4.80. The standard InChI is InChI=1S/C16H23NO2S/c1-11-13(9-15(20-11)16(18)19)10-17-8-4-7-14(17)12-5-2-3-6-12/h9,12,14H,2-8,10H2,1H3,(H,18,19). The van der Waals surface area contributed by atoms with Gasteiger partial charge in [0.1, 0.15) is 4.88 Å². The number of likely N-dealkylation sites (tertiary alicyclic amines) is 1. The Morgan fingerprint density at radius 3 is 2.75 bits per heavy atom. The van der Waals surface area contributed by atoms with Crippen molar-refractivity contribution in [3.63, 3.8) is 0 Å². The molecule has 2 aliphatic rings. The predicted octanol–water partition coefficient (Wildman–Crippen LogP) is 3.91. The molecule has 20 heavy (non-hydrogen) atoms. The van der Waals surface area contributed by atoms with Gasteiger partial charge >= 0.3 is 5.97 Å². The molecule has 0 spiro atoms. The maximum Gasteiger partial charge on any atom is 0.345 e. The third-order valence-corrected chi connectivity index (χ3v) is 6.04. The summed E-state index contributed by atoms with van der Waals surface area (Å²) in [5.41, 5.74) is 1.22. The summed E-state index contributed by atoms with van der Waals surface area (Å²) in [5, 5.41) is 9.10. The first-order chi connectivity index (χ1) is 9.65. The lowest BCUT2D eigenvalue weighted by Gasteiger charge is -2.29. The van der Waals surface area contributed by atoms with Gasteiger partial charge in [-0.3, -0.25) is 4.90 Å². The van der Waals surface area contributed by atoms with Gasteiger partial charge in [-0.15, -0.1) is 11.3 Å². The quantitative estimate of drug-likeness (QED) is 0.915. The Balaban J connectivity index is 1.71. The highest BCUT2D eigenvalue weighted by atomic mass is 32.1. The smallest absolute Gasteiger partial charge is 0.345 e. The third-order valence-electron chi connectivity index (χ3n) is 4.96. The lowest BCUT2D eigenvalue weighted by atomic mass is 9.96. The number of rotatable bonds is 4. The highest BCUT2D eigenvalue weighted by Gasteiger charge is 2.33. The van der Waals surface area contributed by atoms with Gasteiger partial charge in [0.05, 0.1) is 0 Å². The van der Waals surface area contributed by atoms with Crippen molar-refractivity contribution in [2.24, 2.45) is 5.92 Å². The summed E-state index contributed by atoms with van der Waals surface area (Å²) in [7, 11) is 0. The molecule has 1 saturated carbocycles. The zero-order valence-electron chi connectivity index (χ0n) is 12.1. The zero-order valence-corrected chi connectivity index (χ0v) is 12.9. The van der Waals surface area contributed by atoms with Gasteiger partial charge in [0, 0.05) is 17.5 Å². The van der Waals surface area contributed by atoms with Crippen molar-refractivity contribution < 1.29 is 9.90 Å². The van der Waals surface area contributed by atoms with Gasteiger partial charge in [-0.25, -0.2) is 4.79 Å². The average Bonchev–Trinajstić information content (AvgIpc) is 3.11. The van der Waals surface area contributed by atoms with Crippen LogP contribution >= 0.6 is 11.3 Å². The maximum absolute atomic E-state index is 11.1. The molecule has 1 aliphatic heterocycles. The number of carboxylic acids is 1. The monoisotopic (exact) mass is 293 g/mol. The number of thiophene rings is 1. The first kappa shape index (κ1) is 14.1. The lowest BCUT2D eigenvalue weighted by molar-refractivity contribution is 0.0702. The Hall–Kier alpha value is -0.870. The van der Waals surface area contributed by atoms with Crippen LogP contribution in [0.1, 0.15) is 58.6 Å². The maximum atomic E-state index is 11.1. The second kappa shape index (κ2) is 5.86. The van der Waals surface area contributed by atoms with E-state index in [1.165, 1.54) is 66.8 Å². The van der Waals surface area contributed by atoms with Crippen molar-refractivity contribution in [2.45, 2.75) is 58.0 Å². The number of carbonyl (C=O) groups is 1. The van der Waals surface area contributed by atoms with Crippen LogP contribution in [-0.4, -0.2) is 28.6 Å². The van der Waals surface area contributed by atoms with Crippen molar-refractivity contribution in [2.75, 3.05) is 6.54 Å². The fraction of sp³-hybridized carbons (Fsp3) is 0.688. The molecule has 0 bridgehead atoms. The van der Waals surface area contributed by atoms with Gasteiger partial charge in [-0.1, -0.05) is 12.8 Å². The van der Waals surface area contributed by atoms with Crippen LogP contribution in [-0.2, 0) is 6.54 Å². The van der Waals surface area contributed by atoms with Crippen LogP contribution in [0.5, 0.6) is 0 Å². The number of hydrogen-bond donors (Lipinski definition) is 1. The second-order valence-corrected chi connectivity index (χ2v) is 7.48. The summed E-state index contributed by atoms with van der Waals surface area (Å²) in [6, 6.07) is 2.62. The molecule has 1 aromatic rings. The van der Waals surface area contributed by atoms with Gasteiger partial charge < -0.3 is 5.11 Å². The number of hydrogen-bond acceptors (Lipinski definition) is 3. The molecular weight excluding hydrogens is 270 g/mol. The second-order valence-electron chi connectivity index (χ2n) is 6.22. The first-order valence-corrected chi connectivity index (χ1v) is 8.53. The van der Waals surface area contributed by atoms with Crippen LogP contribution in [0.3, 0.4) is 0 Å². The van der Waals surface area contributed by atoms with Gasteiger partial charge in [0.25, 0.3) is 0 Å². The fourth-order valence-electron chi connectivity index (χ4n) is 3.93. The summed E-state index contributed by atoms with van der Waals surface area (Å²) in [6.45, 7) is 4.17. The molecule has 1 N–H and O–H groups in total. The van der Waals surface area contributed by atoms with Gasteiger partial charge in [0.2, 0.25) is 0 Å². The molecule has 1 aromatic heterocycles. The number of nitrogens with zero attached hydrogens (tertiary/aromatic N) is 1. The van der Waals surface area contributed by atoms with Crippen LogP contribution < -0.4 is 0 Å². The average molecular weight is 293 g/mol. The summed E-state index contributed by atoms with van der Waals surface area (Å²) < 4.78 is 0. The molecule has 0 radical (unpaired) electrons. The van der Waals surface area contributed by atoms with E-state index in [0.717, 1.165) is 18.5 Å². The zero-order chi connectivity index (χ0) is 14.1. The number of aromatic carboxylic acids is 1. The molecule has 110 valence electrons.